The van der Waals surface area contributed by atoms with Crippen molar-refractivity contribution in [3.05, 3.63) is 49.3 Å². The van der Waals surface area contributed by atoms with Gasteiger partial charge in [-0.2, -0.15) is 0 Å². The Morgan fingerprint density at radius 3 is 2.27 bits per heavy atom. The van der Waals surface area contributed by atoms with Gasteiger partial charge in [-0.15, -0.1) is 0 Å². The van der Waals surface area contributed by atoms with Crippen molar-refractivity contribution in [2.45, 2.75) is 40.5 Å². The monoisotopic (exact) mass is 355 g/mol. The smallest absolute Gasteiger partial charge is 0.309 e. The van der Waals surface area contributed by atoms with Crippen LogP contribution in [-0.4, -0.2) is 25.7 Å². The molecule has 0 bridgehead atoms. The van der Waals surface area contributed by atoms with E-state index in [1.807, 2.05) is 31.7 Å². The van der Waals surface area contributed by atoms with E-state index >= 15 is 0 Å². The first-order valence-electron chi connectivity index (χ1n) is 9.18. The van der Waals surface area contributed by atoms with E-state index in [1.165, 1.54) is 5.56 Å². The van der Waals surface area contributed by atoms with Crippen LogP contribution in [0.4, 0.5) is 5.69 Å². The summed E-state index contributed by atoms with van der Waals surface area (Å²) in [7, 11) is 0. The minimum atomic E-state index is -0.410. The fraction of sp³-hybridized carbons (Fsp3) is 0.476. The van der Waals surface area contributed by atoms with Gasteiger partial charge < -0.3 is 9.64 Å². The standard InChI is InChI=1S/C21H25NO4/c1-5-26-21(25)15-6-8-22(9-7-15)18-17(19(23)20(18)24)16-11-13(3)12(2)10-14(16)4/h10-11,15H,5-9H2,1-4H3. The number of hydrogen-bond donors (Lipinski definition) is 0. The van der Waals surface area contributed by atoms with Crippen LogP contribution in [0.2, 0.25) is 0 Å². The molecule has 1 aliphatic heterocycles. The third kappa shape index (κ3) is 3.06. The molecule has 1 saturated heterocycles. The van der Waals surface area contributed by atoms with Gasteiger partial charge in [-0.3, -0.25) is 14.4 Å². The maximum atomic E-state index is 12.3. The lowest BCUT2D eigenvalue weighted by atomic mass is 9.89. The molecular weight excluding hydrogens is 330 g/mol. The van der Waals surface area contributed by atoms with Gasteiger partial charge in [-0.1, -0.05) is 12.1 Å². The molecule has 0 amide bonds. The molecule has 3 rings (SSSR count). The summed E-state index contributed by atoms with van der Waals surface area (Å²) in [5.74, 6) is -0.285. The second-order valence-corrected chi connectivity index (χ2v) is 7.15. The number of esters is 1. The molecule has 1 aliphatic rings. The number of nitrogens with zero attached hydrogens (tertiary/aromatic N) is 1. The van der Waals surface area contributed by atoms with Crippen molar-refractivity contribution in [2.24, 2.45) is 5.92 Å². The van der Waals surface area contributed by atoms with E-state index < -0.39 is 10.9 Å². The average Bonchev–Trinajstić information content (AvgIpc) is 2.62. The zero-order valence-corrected chi connectivity index (χ0v) is 15.8. The van der Waals surface area contributed by atoms with Gasteiger partial charge in [-0.25, -0.2) is 0 Å². The molecule has 0 radical (unpaired) electrons. The summed E-state index contributed by atoms with van der Waals surface area (Å²) in [6.45, 7) is 9.37. The molecule has 0 atom stereocenters. The van der Waals surface area contributed by atoms with Gasteiger partial charge in [0.1, 0.15) is 5.69 Å². The SMILES string of the molecule is CCOC(=O)C1CCN(c2c(-c3cc(C)c(C)cc3C)c(=O)c2=O)CC1. The Bertz CT molecular complexity index is 913. The number of aryl methyl sites for hydroxylation is 3. The van der Waals surface area contributed by atoms with Crippen LogP contribution in [0.15, 0.2) is 21.7 Å². The number of rotatable bonds is 4. The molecular formula is C21H25NO4. The first-order chi connectivity index (χ1) is 12.3. The quantitative estimate of drug-likeness (QED) is 0.623. The van der Waals surface area contributed by atoms with Gasteiger partial charge >= 0.3 is 5.97 Å². The predicted molar refractivity (Wildman–Crippen MR) is 103 cm³/mol. The number of ether oxygens (including phenoxy) is 1. The zero-order chi connectivity index (χ0) is 19.0. The van der Waals surface area contributed by atoms with Crippen molar-refractivity contribution in [1.82, 2.24) is 0 Å². The molecule has 0 unspecified atom stereocenters. The van der Waals surface area contributed by atoms with Gasteiger partial charge in [-0.05, 0) is 62.8 Å². The minimum Gasteiger partial charge on any atom is -0.466 e. The highest BCUT2D eigenvalue weighted by atomic mass is 16.5. The first-order valence-corrected chi connectivity index (χ1v) is 9.18. The summed E-state index contributed by atoms with van der Waals surface area (Å²) < 4.78 is 5.10. The Balaban J connectivity index is 1.87. The van der Waals surface area contributed by atoms with E-state index in [-0.39, 0.29) is 11.9 Å². The lowest BCUT2D eigenvalue weighted by Crippen LogP contribution is -2.46. The fourth-order valence-corrected chi connectivity index (χ4v) is 3.76. The summed E-state index contributed by atoms with van der Waals surface area (Å²) in [6, 6.07) is 4.05. The molecule has 1 heterocycles. The van der Waals surface area contributed by atoms with Gasteiger partial charge in [0.15, 0.2) is 0 Å². The maximum Gasteiger partial charge on any atom is 0.309 e. The lowest BCUT2D eigenvalue weighted by Gasteiger charge is -2.34. The Morgan fingerprint density at radius 1 is 1.04 bits per heavy atom. The molecule has 138 valence electrons. The lowest BCUT2D eigenvalue weighted by molar-refractivity contribution is -0.148. The van der Waals surface area contributed by atoms with Crippen molar-refractivity contribution in [1.29, 1.82) is 0 Å². The molecule has 2 aromatic rings. The number of carbonyl (C=O) groups excluding carboxylic acids is 1. The Kier molecular flexibility index (Phi) is 4.99. The van der Waals surface area contributed by atoms with Crippen LogP contribution < -0.4 is 15.8 Å². The van der Waals surface area contributed by atoms with Gasteiger partial charge in [0, 0.05) is 13.1 Å². The van der Waals surface area contributed by atoms with Crippen LogP contribution in [0, 0.1) is 26.7 Å². The largest absolute Gasteiger partial charge is 0.466 e. The second kappa shape index (κ2) is 7.06. The van der Waals surface area contributed by atoms with Crippen LogP contribution in [0.1, 0.15) is 36.5 Å². The van der Waals surface area contributed by atoms with E-state index in [2.05, 4.69) is 6.07 Å². The second-order valence-electron chi connectivity index (χ2n) is 7.15. The van der Waals surface area contributed by atoms with Crippen molar-refractivity contribution >= 4 is 11.7 Å². The third-order valence-corrected chi connectivity index (χ3v) is 5.43. The minimum absolute atomic E-state index is 0.121. The summed E-state index contributed by atoms with van der Waals surface area (Å²) >= 11 is 0. The molecule has 1 fully saturated rings. The van der Waals surface area contributed by atoms with Crippen LogP contribution in [0.3, 0.4) is 0 Å². The topological polar surface area (TPSA) is 63.7 Å². The predicted octanol–water partition coefficient (Wildman–Crippen LogP) is 2.65. The highest BCUT2D eigenvalue weighted by Gasteiger charge is 2.32. The Hall–Kier alpha value is -2.43. The van der Waals surface area contributed by atoms with Crippen molar-refractivity contribution in [3.8, 4) is 11.1 Å². The summed E-state index contributed by atoms with van der Waals surface area (Å²) in [5.41, 5.74) is 4.36. The summed E-state index contributed by atoms with van der Waals surface area (Å²) in [5, 5.41) is 0. The van der Waals surface area contributed by atoms with Crippen LogP contribution in [0.5, 0.6) is 0 Å². The van der Waals surface area contributed by atoms with Crippen LogP contribution >= 0.6 is 0 Å². The van der Waals surface area contributed by atoms with E-state index in [0.717, 1.165) is 16.7 Å². The first kappa shape index (κ1) is 18.4. The molecule has 0 aromatic heterocycles. The highest BCUT2D eigenvalue weighted by molar-refractivity contribution is 5.85. The number of benzene rings is 1. The molecule has 0 aliphatic carbocycles. The molecule has 26 heavy (non-hydrogen) atoms. The average molecular weight is 355 g/mol. The van der Waals surface area contributed by atoms with E-state index in [1.54, 1.807) is 6.92 Å². The van der Waals surface area contributed by atoms with Crippen LogP contribution in [-0.2, 0) is 9.53 Å². The molecule has 0 saturated carbocycles. The van der Waals surface area contributed by atoms with Crippen molar-refractivity contribution in [2.75, 3.05) is 24.6 Å². The fourth-order valence-electron chi connectivity index (χ4n) is 3.76. The Morgan fingerprint density at radius 2 is 1.65 bits per heavy atom. The summed E-state index contributed by atoms with van der Waals surface area (Å²) in [4.78, 5) is 38.5. The molecule has 2 aromatic carbocycles. The molecule has 0 N–H and O–H groups in total. The number of hydrogen-bond acceptors (Lipinski definition) is 5. The molecule has 0 spiro atoms. The van der Waals surface area contributed by atoms with Gasteiger partial charge in [0.05, 0.1) is 18.1 Å². The molecule has 5 nitrogen and oxygen atoms in total. The number of anilines is 1. The maximum absolute atomic E-state index is 12.3. The number of carbonyl (C=O) groups is 1. The third-order valence-electron chi connectivity index (χ3n) is 5.43. The van der Waals surface area contributed by atoms with Crippen LogP contribution in [0.25, 0.3) is 11.1 Å². The van der Waals surface area contributed by atoms with E-state index in [9.17, 15) is 14.4 Å². The zero-order valence-electron chi connectivity index (χ0n) is 15.8. The van der Waals surface area contributed by atoms with E-state index in [0.29, 0.717) is 43.8 Å². The van der Waals surface area contributed by atoms with Crippen molar-refractivity contribution < 1.29 is 9.53 Å². The summed E-state index contributed by atoms with van der Waals surface area (Å²) in [6.07, 6.45) is 1.28. The van der Waals surface area contributed by atoms with Gasteiger partial charge in [0.2, 0.25) is 10.9 Å². The normalized spacial score (nSPS) is 15.5. The Labute approximate surface area is 153 Å². The number of piperidine rings is 1. The molecule has 5 heteroatoms. The highest BCUT2D eigenvalue weighted by Crippen LogP contribution is 2.33. The van der Waals surface area contributed by atoms with E-state index in [4.69, 9.17) is 4.74 Å². The van der Waals surface area contributed by atoms with Gasteiger partial charge in [0.25, 0.3) is 0 Å². The van der Waals surface area contributed by atoms with Crippen molar-refractivity contribution in [3.63, 3.8) is 0 Å².